The van der Waals surface area contributed by atoms with E-state index in [2.05, 4.69) is 17.0 Å². The van der Waals surface area contributed by atoms with Gasteiger partial charge in [0.15, 0.2) is 11.5 Å². The highest BCUT2D eigenvalue weighted by atomic mass is 16.5. The second kappa shape index (κ2) is 5.29. The van der Waals surface area contributed by atoms with Gasteiger partial charge in [-0.05, 0) is 25.3 Å². The molecule has 3 N–H and O–H groups in total. The summed E-state index contributed by atoms with van der Waals surface area (Å²) < 4.78 is 5.11. The molecule has 6 heteroatoms. The molecule has 1 amide bonds. The lowest BCUT2D eigenvalue weighted by Crippen LogP contribution is -2.30. The fourth-order valence-electron chi connectivity index (χ4n) is 1.76. The van der Waals surface area contributed by atoms with Crippen LogP contribution in [-0.2, 0) is 6.54 Å². The number of nitrogen functional groups attached to an aromatic ring is 1. The molecule has 1 aromatic heterocycles. The molecular weight excluding hydrogens is 220 g/mol. The number of nitrogens with zero attached hydrogens (tertiary/aromatic N) is 2. The molecule has 17 heavy (non-hydrogen) atoms. The summed E-state index contributed by atoms with van der Waals surface area (Å²) in [5, 5.41) is 3.68. The third-order valence-corrected chi connectivity index (χ3v) is 2.96. The van der Waals surface area contributed by atoms with Gasteiger partial charge in [0.1, 0.15) is 0 Å². The molecule has 0 bridgehead atoms. The van der Waals surface area contributed by atoms with E-state index in [1.165, 1.54) is 12.8 Å². The number of rotatable bonds is 6. The van der Waals surface area contributed by atoms with Crippen molar-refractivity contribution in [1.82, 2.24) is 15.5 Å². The van der Waals surface area contributed by atoms with Crippen molar-refractivity contribution in [3.8, 4) is 0 Å². The Morgan fingerprint density at radius 1 is 1.71 bits per heavy atom. The molecule has 1 aromatic rings. The Labute approximate surface area is 100 Å². The molecule has 0 radical (unpaired) electrons. The number of carbonyl (C=O) groups is 1. The minimum absolute atomic E-state index is 0.227. The molecule has 6 nitrogen and oxygen atoms in total. The second-order valence-corrected chi connectivity index (χ2v) is 4.42. The maximum absolute atomic E-state index is 11.2. The van der Waals surface area contributed by atoms with Crippen molar-refractivity contribution < 1.29 is 9.32 Å². The first-order valence-corrected chi connectivity index (χ1v) is 5.91. The molecule has 1 aliphatic rings. The van der Waals surface area contributed by atoms with Gasteiger partial charge in [0.2, 0.25) is 0 Å². The smallest absolute Gasteiger partial charge is 0.287 e. The van der Waals surface area contributed by atoms with Gasteiger partial charge in [-0.3, -0.25) is 15.1 Å². The van der Waals surface area contributed by atoms with E-state index in [1.54, 1.807) is 6.07 Å². The van der Waals surface area contributed by atoms with Gasteiger partial charge in [-0.2, -0.15) is 0 Å². The van der Waals surface area contributed by atoms with E-state index in [1.807, 2.05) is 5.43 Å². The van der Waals surface area contributed by atoms with Crippen LogP contribution in [0, 0.1) is 5.92 Å². The van der Waals surface area contributed by atoms with Crippen LogP contribution in [0.3, 0.4) is 0 Å². The van der Waals surface area contributed by atoms with Gasteiger partial charge in [-0.1, -0.05) is 12.1 Å². The van der Waals surface area contributed by atoms with Gasteiger partial charge in [-0.15, -0.1) is 0 Å². The third kappa shape index (κ3) is 3.28. The largest absolute Gasteiger partial charge is 0.359 e. The fraction of sp³-hybridized carbons (Fsp3) is 0.636. The fourth-order valence-corrected chi connectivity index (χ4v) is 1.76. The van der Waals surface area contributed by atoms with Crippen molar-refractivity contribution in [2.45, 2.75) is 26.3 Å². The van der Waals surface area contributed by atoms with Crippen LogP contribution < -0.4 is 11.3 Å². The summed E-state index contributed by atoms with van der Waals surface area (Å²) in [5.41, 5.74) is 2.26. The van der Waals surface area contributed by atoms with Crippen LogP contribution in [0.2, 0.25) is 0 Å². The predicted molar refractivity (Wildman–Crippen MR) is 61.8 cm³/mol. The van der Waals surface area contributed by atoms with Gasteiger partial charge < -0.3 is 4.52 Å². The molecule has 0 atom stereocenters. The van der Waals surface area contributed by atoms with Crippen molar-refractivity contribution in [3.05, 3.63) is 17.5 Å². The monoisotopic (exact) mass is 238 g/mol. The first kappa shape index (κ1) is 12.1. The van der Waals surface area contributed by atoms with Crippen molar-refractivity contribution in [2.75, 3.05) is 13.1 Å². The number of carbonyl (C=O) groups excluding carboxylic acids is 1. The van der Waals surface area contributed by atoms with Crippen LogP contribution in [-0.4, -0.2) is 29.1 Å². The highest BCUT2D eigenvalue weighted by Gasteiger charge is 2.24. The Balaban J connectivity index is 1.92. The normalized spacial score (nSPS) is 15.2. The Morgan fingerprint density at radius 2 is 2.47 bits per heavy atom. The zero-order valence-corrected chi connectivity index (χ0v) is 9.98. The average molecular weight is 238 g/mol. The van der Waals surface area contributed by atoms with Crippen LogP contribution in [0.15, 0.2) is 10.6 Å². The number of hydrogen-bond donors (Lipinski definition) is 2. The molecule has 94 valence electrons. The first-order valence-electron chi connectivity index (χ1n) is 5.91. The number of hydrogen-bond acceptors (Lipinski definition) is 5. The highest BCUT2D eigenvalue weighted by Crippen LogP contribution is 2.30. The topological polar surface area (TPSA) is 84.4 Å². The average Bonchev–Trinajstić information content (AvgIpc) is 3.04. The van der Waals surface area contributed by atoms with Crippen molar-refractivity contribution in [3.63, 3.8) is 0 Å². The van der Waals surface area contributed by atoms with Gasteiger partial charge in [0.05, 0.1) is 6.54 Å². The summed E-state index contributed by atoms with van der Waals surface area (Å²) in [4.78, 5) is 13.5. The molecule has 0 spiro atoms. The van der Waals surface area contributed by atoms with Crippen LogP contribution in [0.25, 0.3) is 0 Å². The van der Waals surface area contributed by atoms with Crippen molar-refractivity contribution >= 4 is 5.91 Å². The SMILES string of the molecule is CCN(Cc1cc(C(=O)NN)no1)CC1CC1. The quantitative estimate of drug-likeness (QED) is 0.428. The second-order valence-electron chi connectivity index (χ2n) is 4.42. The molecule has 1 saturated carbocycles. The van der Waals surface area contributed by atoms with Crippen molar-refractivity contribution in [1.29, 1.82) is 0 Å². The van der Waals surface area contributed by atoms with Gasteiger partial charge in [0, 0.05) is 12.6 Å². The minimum Gasteiger partial charge on any atom is -0.359 e. The van der Waals surface area contributed by atoms with Crippen LogP contribution >= 0.6 is 0 Å². The molecule has 0 unspecified atom stereocenters. The summed E-state index contributed by atoms with van der Waals surface area (Å²) >= 11 is 0. The molecule has 1 aliphatic carbocycles. The van der Waals surface area contributed by atoms with E-state index < -0.39 is 5.91 Å². The Kier molecular flexibility index (Phi) is 3.75. The summed E-state index contributed by atoms with van der Waals surface area (Å²) in [6.45, 7) is 4.87. The maximum Gasteiger partial charge on any atom is 0.287 e. The number of nitrogens with two attached hydrogens (primary N) is 1. The lowest BCUT2D eigenvalue weighted by Gasteiger charge is -2.17. The first-order chi connectivity index (χ1) is 8.22. The van der Waals surface area contributed by atoms with E-state index in [-0.39, 0.29) is 5.69 Å². The number of nitrogens with one attached hydrogen (secondary N) is 1. The van der Waals surface area contributed by atoms with Gasteiger partial charge in [-0.25, -0.2) is 5.84 Å². The highest BCUT2D eigenvalue weighted by molar-refractivity contribution is 5.91. The number of amides is 1. The summed E-state index contributed by atoms with van der Waals surface area (Å²) in [7, 11) is 0. The standard InChI is InChI=1S/C11H18N4O2/c1-2-15(6-8-3-4-8)7-9-5-10(14-17-9)11(16)13-12/h5,8H,2-4,6-7,12H2,1H3,(H,13,16). The van der Waals surface area contributed by atoms with E-state index >= 15 is 0 Å². The third-order valence-electron chi connectivity index (χ3n) is 2.96. The zero-order chi connectivity index (χ0) is 12.3. The van der Waals surface area contributed by atoms with E-state index in [0.717, 1.165) is 19.0 Å². The van der Waals surface area contributed by atoms with Gasteiger partial charge in [0.25, 0.3) is 5.91 Å². The molecule has 0 aromatic carbocycles. The Bertz CT molecular complexity index is 387. The molecule has 1 fully saturated rings. The zero-order valence-electron chi connectivity index (χ0n) is 9.98. The van der Waals surface area contributed by atoms with Crippen LogP contribution in [0.4, 0.5) is 0 Å². The lowest BCUT2D eigenvalue weighted by atomic mass is 10.3. The maximum atomic E-state index is 11.2. The summed E-state index contributed by atoms with van der Waals surface area (Å²) in [6, 6.07) is 1.64. The van der Waals surface area contributed by atoms with E-state index in [9.17, 15) is 4.79 Å². The lowest BCUT2D eigenvalue weighted by molar-refractivity contribution is 0.0944. The Morgan fingerprint density at radius 3 is 3.06 bits per heavy atom. The molecule has 2 rings (SSSR count). The van der Waals surface area contributed by atoms with Crippen molar-refractivity contribution in [2.24, 2.45) is 11.8 Å². The van der Waals surface area contributed by atoms with Crippen LogP contribution in [0.5, 0.6) is 0 Å². The summed E-state index contributed by atoms with van der Waals surface area (Å²) in [6.07, 6.45) is 2.65. The Hall–Kier alpha value is -1.40. The number of aromatic nitrogens is 1. The number of hydrazine groups is 1. The van der Waals surface area contributed by atoms with E-state index in [4.69, 9.17) is 10.4 Å². The molecule has 1 heterocycles. The predicted octanol–water partition coefficient (Wildman–Crippen LogP) is 0.510. The molecule has 0 aliphatic heterocycles. The van der Waals surface area contributed by atoms with Crippen LogP contribution in [0.1, 0.15) is 36.0 Å². The minimum atomic E-state index is -0.426. The molecular formula is C11H18N4O2. The summed E-state index contributed by atoms with van der Waals surface area (Å²) in [5.74, 6) is 6.14. The molecule has 0 saturated heterocycles. The van der Waals surface area contributed by atoms with Gasteiger partial charge >= 0.3 is 0 Å². The van der Waals surface area contributed by atoms with E-state index in [0.29, 0.717) is 12.3 Å².